The van der Waals surface area contributed by atoms with E-state index in [4.69, 9.17) is 4.74 Å². The summed E-state index contributed by atoms with van der Waals surface area (Å²) in [7, 11) is -3.59. The van der Waals surface area contributed by atoms with Crippen molar-refractivity contribution in [3.63, 3.8) is 0 Å². The van der Waals surface area contributed by atoms with Gasteiger partial charge in [0.25, 0.3) is 0 Å². The van der Waals surface area contributed by atoms with Crippen LogP contribution in [0.1, 0.15) is 45.1 Å². The van der Waals surface area contributed by atoms with Gasteiger partial charge in [-0.05, 0) is 56.9 Å². The summed E-state index contributed by atoms with van der Waals surface area (Å²) in [6.07, 6.45) is 3.60. The molecule has 0 unspecified atom stereocenters. The van der Waals surface area contributed by atoms with Crippen molar-refractivity contribution in [1.82, 2.24) is 4.31 Å². The third-order valence-corrected chi connectivity index (χ3v) is 6.92. The van der Waals surface area contributed by atoms with Gasteiger partial charge in [-0.1, -0.05) is 36.8 Å². The lowest BCUT2D eigenvalue weighted by molar-refractivity contribution is -0.116. The number of sulfonamides is 1. The first-order chi connectivity index (χ1) is 14.4. The Kier molecular flexibility index (Phi) is 7.50. The van der Waals surface area contributed by atoms with Gasteiger partial charge in [0, 0.05) is 19.5 Å². The lowest BCUT2D eigenvalue weighted by Gasteiger charge is -2.26. The second-order valence-corrected chi connectivity index (χ2v) is 9.76. The summed E-state index contributed by atoms with van der Waals surface area (Å²) in [5.41, 5.74) is 1.47. The monoisotopic (exact) mass is 430 g/mol. The molecule has 7 heteroatoms. The van der Waals surface area contributed by atoms with Crippen molar-refractivity contribution in [2.75, 3.05) is 18.4 Å². The van der Waals surface area contributed by atoms with Crippen LogP contribution in [0.5, 0.6) is 5.75 Å². The van der Waals surface area contributed by atoms with Gasteiger partial charge in [-0.15, -0.1) is 0 Å². The van der Waals surface area contributed by atoms with E-state index in [-0.39, 0.29) is 16.9 Å². The molecule has 0 aliphatic carbocycles. The molecule has 6 nitrogen and oxygen atoms in total. The minimum atomic E-state index is -3.59. The van der Waals surface area contributed by atoms with E-state index >= 15 is 0 Å². The number of carbonyl (C=O) groups is 1. The zero-order valence-electron chi connectivity index (χ0n) is 17.6. The molecule has 2 aromatic carbocycles. The Labute approximate surface area is 179 Å². The Hall–Kier alpha value is -2.38. The number of benzene rings is 2. The Morgan fingerprint density at radius 2 is 1.77 bits per heavy atom. The highest BCUT2D eigenvalue weighted by molar-refractivity contribution is 7.89. The summed E-state index contributed by atoms with van der Waals surface area (Å²) in [5, 5.41) is 2.85. The molecule has 1 heterocycles. The molecule has 0 aromatic heterocycles. The van der Waals surface area contributed by atoms with Gasteiger partial charge in [-0.3, -0.25) is 4.79 Å². The van der Waals surface area contributed by atoms with E-state index < -0.39 is 10.0 Å². The molecule has 3 rings (SSSR count). The number of aryl methyl sites for hydroxylation is 1. The van der Waals surface area contributed by atoms with E-state index in [1.807, 2.05) is 44.2 Å². The first kappa shape index (κ1) is 22.3. The Morgan fingerprint density at radius 1 is 1.07 bits per heavy atom. The summed E-state index contributed by atoms with van der Waals surface area (Å²) in [5.74, 6) is 0.288. The minimum Gasteiger partial charge on any atom is -0.489 e. The molecule has 0 radical (unpaired) electrons. The maximum atomic E-state index is 13.0. The minimum absolute atomic E-state index is 0.102. The number of carbonyl (C=O) groups excluding carboxylic acids is 1. The van der Waals surface area contributed by atoms with Crippen molar-refractivity contribution in [1.29, 1.82) is 0 Å². The molecule has 0 atom stereocenters. The molecule has 1 aliphatic heterocycles. The molecule has 1 fully saturated rings. The second-order valence-electron chi connectivity index (χ2n) is 7.82. The van der Waals surface area contributed by atoms with Crippen molar-refractivity contribution < 1.29 is 17.9 Å². The van der Waals surface area contributed by atoms with Crippen LogP contribution in [0.2, 0.25) is 0 Å². The lowest BCUT2D eigenvalue weighted by atomic mass is 10.1. The summed E-state index contributed by atoms with van der Waals surface area (Å²) in [6.45, 7) is 4.84. The van der Waals surface area contributed by atoms with Crippen LogP contribution < -0.4 is 10.1 Å². The molecule has 1 aliphatic rings. The van der Waals surface area contributed by atoms with Gasteiger partial charge in [0.15, 0.2) is 0 Å². The topological polar surface area (TPSA) is 75.7 Å². The lowest BCUT2D eigenvalue weighted by Crippen LogP contribution is -2.35. The number of nitrogens with zero attached hydrogens (tertiary/aromatic N) is 1. The smallest absolute Gasteiger partial charge is 0.243 e. The molecular weight excluding hydrogens is 400 g/mol. The van der Waals surface area contributed by atoms with E-state index in [9.17, 15) is 13.2 Å². The van der Waals surface area contributed by atoms with Crippen LogP contribution in [0.4, 0.5) is 5.69 Å². The Bertz CT molecular complexity index is 952. The zero-order chi connectivity index (χ0) is 21.6. The number of hydrogen-bond donors (Lipinski definition) is 1. The average molecular weight is 431 g/mol. The average Bonchev–Trinajstić information content (AvgIpc) is 2.74. The largest absolute Gasteiger partial charge is 0.489 e. The fraction of sp³-hybridized carbons (Fsp3) is 0.435. The van der Waals surface area contributed by atoms with E-state index in [1.165, 1.54) is 10.4 Å². The summed E-state index contributed by atoms with van der Waals surface area (Å²) in [6, 6.07) is 14.5. The Morgan fingerprint density at radius 3 is 2.43 bits per heavy atom. The van der Waals surface area contributed by atoms with Crippen molar-refractivity contribution in [2.24, 2.45) is 0 Å². The van der Waals surface area contributed by atoms with Crippen LogP contribution >= 0.6 is 0 Å². The van der Waals surface area contributed by atoms with Gasteiger partial charge in [0.2, 0.25) is 15.9 Å². The van der Waals surface area contributed by atoms with Crippen molar-refractivity contribution in [3.05, 3.63) is 54.1 Å². The SMILES string of the molecule is CC(C)Oc1ccc(S(=O)(=O)N2CCCCC2)cc1NC(=O)CCc1ccccc1. The standard InChI is InChI=1S/C23H30N2O4S/c1-18(2)29-22-13-12-20(30(27,28)25-15-7-4-8-16-25)17-21(22)24-23(26)14-11-19-9-5-3-6-10-19/h3,5-6,9-10,12-13,17-18H,4,7-8,11,14-16H2,1-2H3,(H,24,26). The van der Waals surface area contributed by atoms with Gasteiger partial charge < -0.3 is 10.1 Å². The molecule has 1 saturated heterocycles. The number of piperidine rings is 1. The van der Waals surface area contributed by atoms with E-state index in [2.05, 4.69) is 5.32 Å². The Balaban J connectivity index is 1.79. The van der Waals surface area contributed by atoms with Crippen LogP contribution in [-0.4, -0.2) is 37.8 Å². The number of rotatable bonds is 8. The fourth-order valence-corrected chi connectivity index (χ4v) is 5.04. The van der Waals surface area contributed by atoms with E-state index in [1.54, 1.807) is 12.1 Å². The van der Waals surface area contributed by atoms with Crippen LogP contribution in [0.15, 0.2) is 53.4 Å². The first-order valence-electron chi connectivity index (χ1n) is 10.5. The van der Waals surface area contributed by atoms with Crippen LogP contribution in [-0.2, 0) is 21.2 Å². The maximum Gasteiger partial charge on any atom is 0.243 e. The summed E-state index contributed by atoms with van der Waals surface area (Å²) < 4.78 is 33.4. The molecule has 0 bridgehead atoms. The predicted octanol–water partition coefficient (Wildman–Crippen LogP) is 4.22. The number of ether oxygens (including phenoxy) is 1. The molecule has 2 aromatic rings. The number of amides is 1. The summed E-state index contributed by atoms with van der Waals surface area (Å²) >= 11 is 0. The molecule has 0 saturated carbocycles. The van der Waals surface area contributed by atoms with Gasteiger partial charge in [-0.25, -0.2) is 8.42 Å². The fourth-order valence-electron chi connectivity index (χ4n) is 3.49. The quantitative estimate of drug-likeness (QED) is 0.680. The molecule has 1 N–H and O–H groups in total. The normalized spacial score (nSPS) is 15.2. The van der Waals surface area contributed by atoms with Gasteiger partial charge >= 0.3 is 0 Å². The van der Waals surface area contributed by atoms with Gasteiger partial charge in [0.05, 0.1) is 16.7 Å². The molecule has 30 heavy (non-hydrogen) atoms. The molecule has 0 spiro atoms. The third-order valence-electron chi connectivity index (χ3n) is 5.02. The first-order valence-corrected chi connectivity index (χ1v) is 11.9. The van der Waals surface area contributed by atoms with Crippen LogP contribution in [0, 0.1) is 0 Å². The van der Waals surface area contributed by atoms with Gasteiger partial charge in [-0.2, -0.15) is 4.31 Å². The number of nitrogens with one attached hydrogen (secondary N) is 1. The number of hydrogen-bond acceptors (Lipinski definition) is 4. The van der Waals surface area contributed by atoms with Crippen molar-refractivity contribution in [2.45, 2.75) is 57.0 Å². The van der Waals surface area contributed by atoms with Gasteiger partial charge in [0.1, 0.15) is 5.75 Å². The molecule has 1 amide bonds. The van der Waals surface area contributed by atoms with Crippen LogP contribution in [0.3, 0.4) is 0 Å². The highest BCUT2D eigenvalue weighted by Crippen LogP contribution is 2.31. The zero-order valence-corrected chi connectivity index (χ0v) is 18.5. The highest BCUT2D eigenvalue weighted by atomic mass is 32.2. The number of anilines is 1. The van der Waals surface area contributed by atoms with E-state index in [0.717, 1.165) is 24.8 Å². The van der Waals surface area contributed by atoms with Crippen LogP contribution in [0.25, 0.3) is 0 Å². The maximum absolute atomic E-state index is 13.0. The molecule has 162 valence electrons. The van der Waals surface area contributed by atoms with E-state index in [0.29, 0.717) is 37.4 Å². The van der Waals surface area contributed by atoms with Crippen molar-refractivity contribution >= 4 is 21.6 Å². The molecular formula is C23H30N2O4S. The third kappa shape index (κ3) is 5.83. The second kappa shape index (κ2) is 10.1. The predicted molar refractivity (Wildman–Crippen MR) is 118 cm³/mol. The highest BCUT2D eigenvalue weighted by Gasteiger charge is 2.27. The summed E-state index contributed by atoms with van der Waals surface area (Å²) in [4.78, 5) is 12.7. The van der Waals surface area contributed by atoms with Crippen molar-refractivity contribution in [3.8, 4) is 5.75 Å².